The summed E-state index contributed by atoms with van der Waals surface area (Å²) >= 11 is 0. The molecule has 1 aliphatic heterocycles. The zero-order chi connectivity index (χ0) is 12.9. The summed E-state index contributed by atoms with van der Waals surface area (Å²) in [5.41, 5.74) is 4.03. The number of hydrazine groups is 1. The van der Waals surface area contributed by atoms with E-state index < -0.39 is 0 Å². The summed E-state index contributed by atoms with van der Waals surface area (Å²) in [6.07, 6.45) is 1.43. The molecular formula is C12H13N5O. The smallest absolute Gasteiger partial charge is 0.271 e. The van der Waals surface area contributed by atoms with Gasteiger partial charge in [-0.25, -0.2) is 9.97 Å². The van der Waals surface area contributed by atoms with Gasteiger partial charge in [-0.2, -0.15) is 4.98 Å². The van der Waals surface area contributed by atoms with E-state index in [0.29, 0.717) is 5.65 Å². The fraction of sp³-hybridized carbons (Fsp3) is 0.333. The molecule has 1 N–H and O–H groups in total. The summed E-state index contributed by atoms with van der Waals surface area (Å²) < 4.78 is 0. The van der Waals surface area contributed by atoms with Gasteiger partial charge in [0.25, 0.3) is 5.56 Å². The van der Waals surface area contributed by atoms with Crippen molar-refractivity contribution in [2.75, 3.05) is 10.4 Å². The largest absolute Gasteiger partial charge is 0.296 e. The predicted octanol–water partition coefficient (Wildman–Crippen LogP) is 1.33. The predicted molar refractivity (Wildman–Crippen MR) is 69.5 cm³/mol. The van der Waals surface area contributed by atoms with Gasteiger partial charge in [-0.15, -0.1) is 0 Å². The highest BCUT2D eigenvalue weighted by atomic mass is 16.1. The maximum Gasteiger partial charge on any atom is 0.271 e. The molecule has 0 aromatic carbocycles. The van der Waals surface area contributed by atoms with E-state index in [-0.39, 0.29) is 11.1 Å². The van der Waals surface area contributed by atoms with E-state index in [4.69, 9.17) is 0 Å². The van der Waals surface area contributed by atoms with Gasteiger partial charge in [-0.05, 0) is 26.8 Å². The third kappa shape index (κ3) is 1.49. The Morgan fingerprint density at radius 3 is 2.72 bits per heavy atom. The lowest BCUT2D eigenvalue weighted by Crippen LogP contribution is -2.44. The second-order valence-electron chi connectivity index (χ2n) is 5.21. The molecule has 1 aliphatic rings. The van der Waals surface area contributed by atoms with Crippen molar-refractivity contribution in [3.8, 4) is 0 Å². The first kappa shape index (κ1) is 10.9. The van der Waals surface area contributed by atoms with Crippen LogP contribution in [0, 0.1) is 0 Å². The average molecular weight is 243 g/mol. The van der Waals surface area contributed by atoms with Crippen LogP contribution in [0.1, 0.15) is 20.8 Å². The highest BCUT2D eigenvalue weighted by molar-refractivity contribution is 6.02. The molecule has 2 aromatic heterocycles. The number of nitrogens with zero attached hydrogens (tertiary/aromatic N) is 4. The van der Waals surface area contributed by atoms with Crippen LogP contribution in [-0.2, 0) is 0 Å². The highest BCUT2D eigenvalue weighted by Crippen LogP contribution is 2.37. The molecular weight excluding hydrogens is 230 g/mol. The van der Waals surface area contributed by atoms with Crippen molar-refractivity contribution in [1.82, 2.24) is 15.0 Å². The third-order valence-electron chi connectivity index (χ3n) is 2.80. The van der Waals surface area contributed by atoms with Crippen LogP contribution < -0.4 is 16.0 Å². The van der Waals surface area contributed by atoms with Gasteiger partial charge in [0.15, 0.2) is 11.5 Å². The molecule has 6 nitrogen and oxygen atoms in total. The van der Waals surface area contributed by atoms with E-state index in [1.54, 1.807) is 6.07 Å². The summed E-state index contributed by atoms with van der Waals surface area (Å²) in [4.78, 5) is 23.7. The molecule has 0 fully saturated rings. The average Bonchev–Trinajstić information content (AvgIpc) is 2.57. The summed E-state index contributed by atoms with van der Waals surface area (Å²) in [5.74, 6) is 0.755. The lowest BCUT2D eigenvalue weighted by molar-refractivity contribution is 0.536. The minimum atomic E-state index is -0.304. The molecule has 0 saturated heterocycles. The Bertz CT molecular complexity index is 692. The molecule has 0 radical (unpaired) electrons. The van der Waals surface area contributed by atoms with E-state index >= 15 is 0 Å². The molecule has 0 aliphatic carbocycles. The lowest BCUT2D eigenvalue weighted by atomic mass is 10.1. The topological polar surface area (TPSA) is 71.0 Å². The normalized spacial score (nSPS) is 13.8. The molecule has 92 valence electrons. The van der Waals surface area contributed by atoms with Gasteiger partial charge in [-0.3, -0.25) is 15.2 Å². The summed E-state index contributed by atoms with van der Waals surface area (Å²) in [5, 5.41) is 2.74. The Morgan fingerprint density at radius 2 is 2.00 bits per heavy atom. The van der Waals surface area contributed by atoms with E-state index in [2.05, 4.69) is 41.1 Å². The van der Waals surface area contributed by atoms with Crippen LogP contribution in [0.4, 0.5) is 11.5 Å². The number of hydrogen-bond acceptors (Lipinski definition) is 6. The number of rotatable bonds is 0. The molecule has 0 saturated carbocycles. The minimum absolute atomic E-state index is 0.140. The summed E-state index contributed by atoms with van der Waals surface area (Å²) in [6.45, 7) is 6.23. The molecule has 0 spiro atoms. The zero-order valence-electron chi connectivity index (χ0n) is 10.4. The first-order valence-corrected chi connectivity index (χ1v) is 5.70. The van der Waals surface area contributed by atoms with E-state index in [9.17, 15) is 4.79 Å². The van der Waals surface area contributed by atoms with Gasteiger partial charge in [0, 0.05) is 6.07 Å². The molecule has 0 amide bonds. The van der Waals surface area contributed by atoms with Crippen LogP contribution in [0.5, 0.6) is 0 Å². The molecule has 3 rings (SSSR count). The van der Waals surface area contributed by atoms with Crippen molar-refractivity contribution in [2.24, 2.45) is 0 Å². The van der Waals surface area contributed by atoms with Crippen LogP contribution in [0.25, 0.3) is 11.0 Å². The molecule has 0 atom stereocenters. The zero-order valence-corrected chi connectivity index (χ0v) is 10.4. The number of aromatic nitrogens is 3. The van der Waals surface area contributed by atoms with Crippen molar-refractivity contribution < 1.29 is 0 Å². The Labute approximate surface area is 104 Å². The summed E-state index contributed by atoms with van der Waals surface area (Å²) in [7, 11) is 0. The second-order valence-corrected chi connectivity index (χ2v) is 5.21. The maximum atomic E-state index is 11.4. The van der Waals surface area contributed by atoms with Crippen LogP contribution >= 0.6 is 0 Å². The quantitative estimate of drug-likeness (QED) is 0.752. The maximum absolute atomic E-state index is 11.4. The highest BCUT2D eigenvalue weighted by Gasteiger charge is 2.31. The first-order chi connectivity index (χ1) is 8.47. The van der Waals surface area contributed by atoms with Crippen molar-refractivity contribution >= 4 is 22.5 Å². The van der Waals surface area contributed by atoms with Crippen LogP contribution in [-0.4, -0.2) is 20.5 Å². The first-order valence-electron chi connectivity index (χ1n) is 5.70. The number of hydrogen-bond donors (Lipinski definition) is 1. The number of anilines is 2. The molecule has 6 heteroatoms. The lowest BCUT2D eigenvalue weighted by Gasteiger charge is -2.33. The molecule has 3 heterocycles. The fourth-order valence-electron chi connectivity index (χ4n) is 1.99. The Hall–Kier alpha value is -2.24. The standard InChI is InChI=1S/C12H13N5O/c1-12(2,3)17-11-9-7(16-17)4-5-8(18)15-10(9)13-6-14-11/h4-6,16H,1-3H3. The SMILES string of the molecule is CC(C)(C)N1Nc2ccc(=O)nc3ncnc1c23. The third-order valence-corrected chi connectivity index (χ3v) is 2.80. The van der Waals surface area contributed by atoms with Crippen molar-refractivity contribution in [1.29, 1.82) is 0 Å². The van der Waals surface area contributed by atoms with Crippen LogP contribution in [0.2, 0.25) is 0 Å². The summed E-state index contributed by atoms with van der Waals surface area (Å²) in [6, 6.07) is 3.15. The molecule has 0 unspecified atom stereocenters. The van der Waals surface area contributed by atoms with E-state index in [1.807, 2.05) is 5.01 Å². The Balaban J connectivity index is 2.38. The molecule has 2 aromatic rings. The molecule has 0 bridgehead atoms. The van der Waals surface area contributed by atoms with E-state index in [0.717, 1.165) is 16.9 Å². The van der Waals surface area contributed by atoms with Gasteiger partial charge in [0.05, 0.1) is 16.6 Å². The van der Waals surface area contributed by atoms with Crippen molar-refractivity contribution in [2.45, 2.75) is 26.3 Å². The van der Waals surface area contributed by atoms with Gasteiger partial charge in [0.1, 0.15) is 6.33 Å². The minimum Gasteiger partial charge on any atom is -0.296 e. The Morgan fingerprint density at radius 1 is 1.22 bits per heavy atom. The van der Waals surface area contributed by atoms with Gasteiger partial charge in [-0.1, -0.05) is 0 Å². The molecule has 18 heavy (non-hydrogen) atoms. The van der Waals surface area contributed by atoms with Crippen LogP contribution in [0.15, 0.2) is 23.3 Å². The second kappa shape index (κ2) is 3.38. The van der Waals surface area contributed by atoms with Crippen molar-refractivity contribution in [3.05, 3.63) is 28.8 Å². The monoisotopic (exact) mass is 243 g/mol. The van der Waals surface area contributed by atoms with Gasteiger partial charge in [0.2, 0.25) is 0 Å². The van der Waals surface area contributed by atoms with Crippen LogP contribution in [0.3, 0.4) is 0 Å². The van der Waals surface area contributed by atoms with Crippen molar-refractivity contribution in [3.63, 3.8) is 0 Å². The van der Waals surface area contributed by atoms with Gasteiger partial charge < -0.3 is 0 Å². The fourth-order valence-corrected chi connectivity index (χ4v) is 1.99. The van der Waals surface area contributed by atoms with E-state index in [1.165, 1.54) is 12.4 Å². The number of nitrogens with one attached hydrogen (secondary N) is 1. The Kier molecular flexibility index (Phi) is 2.04. The van der Waals surface area contributed by atoms with Gasteiger partial charge >= 0.3 is 0 Å².